The molecule has 0 radical (unpaired) electrons. The van der Waals surface area contributed by atoms with E-state index in [-0.39, 0.29) is 11.9 Å². The zero-order valence-corrected chi connectivity index (χ0v) is 7.45. The molecule has 0 unspecified atom stereocenters. The Morgan fingerprint density at radius 2 is 2.55 bits per heavy atom. The average molecular weight is 175 g/mol. The van der Waals surface area contributed by atoms with Gasteiger partial charge in [0.15, 0.2) is 0 Å². The van der Waals surface area contributed by atoms with Crippen LogP contribution in [0, 0.1) is 5.92 Å². The van der Waals surface area contributed by atoms with Crippen LogP contribution in [-0.2, 0) is 9.53 Å². The van der Waals surface area contributed by atoms with Gasteiger partial charge in [0.25, 0.3) is 0 Å². The summed E-state index contributed by atoms with van der Waals surface area (Å²) in [6, 6.07) is 0. The fraction of sp³-hybridized carbons (Fsp3) is 0.857. The summed E-state index contributed by atoms with van der Waals surface area (Å²) in [5.74, 6) is 1.94. The molecule has 0 aliphatic carbocycles. The third-order valence-electron chi connectivity index (χ3n) is 1.67. The van der Waals surface area contributed by atoms with Crippen LogP contribution in [0.1, 0.15) is 0 Å². The quantitative estimate of drug-likeness (QED) is 0.574. The van der Waals surface area contributed by atoms with Crippen LogP contribution in [0.25, 0.3) is 0 Å². The molecule has 11 heavy (non-hydrogen) atoms. The summed E-state index contributed by atoms with van der Waals surface area (Å²) < 4.78 is 4.65. The van der Waals surface area contributed by atoms with E-state index in [4.69, 9.17) is 0 Å². The highest BCUT2D eigenvalue weighted by Crippen LogP contribution is 2.11. The predicted octanol–water partition coefficient (Wildman–Crippen LogP) is 0.112. The molecule has 3 nitrogen and oxygen atoms in total. The first kappa shape index (κ1) is 8.87. The van der Waals surface area contributed by atoms with Crippen molar-refractivity contribution in [3.05, 3.63) is 0 Å². The monoisotopic (exact) mass is 175 g/mol. The largest absolute Gasteiger partial charge is 0.469 e. The fourth-order valence-electron chi connectivity index (χ4n) is 1.02. The Balaban J connectivity index is 2.36. The van der Waals surface area contributed by atoms with Crippen molar-refractivity contribution >= 4 is 17.7 Å². The fourth-order valence-corrected chi connectivity index (χ4v) is 2.02. The topological polar surface area (TPSA) is 38.3 Å². The molecule has 64 valence electrons. The van der Waals surface area contributed by atoms with E-state index in [1.807, 2.05) is 0 Å². The number of thioether (sulfide) groups is 1. The van der Waals surface area contributed by atoms with Gasteiger partial charge in [-0.1, -0.05) is 0 Å². The van der Waals surface area contributed by atoms with Crippen molar-refractivity contribution in [2.24, 2.45) is 5.92 Å². The van der Waals surface area contributed by atoms with Crippen molar-refractivity contribution in [2.75, 3.05) is 31.7 Å². The number of hydrogen-bond donors (Lipinski definition) is 1. The van der Waals surface area contributed by atoms with Crippen LogP contribution >= 0.6 is 11.8 Å². The molecule has 0 aromatic rings. The molecule has 1 aliphatic rings. The number of rotatable bonds is 1. The third kappa shape index (κ3) is 2.71. The highest BCUT2D eigenvalue weighted by Gasteiger charge is 2.20. The Hall–Kier alpha value is -0.220. The van der Waals surface area contributed by atoms with Crippen LogP contribution in [0.3, 0.4) is 0 Å². The van der Waals surface area contributed by atoms with Gasteiger partial charge < -0.3 is 10.1 Å². The van der Waals surface area contributed by atoms with Gasteiger partial charge in [0, 0.05) is 24.6 Å². The Kier molecular flexibility index (Phi) is 3.72. The van der Waals surface area contributed by atoms with E-state index < -0.39 is 0 Å². The van der Waals surface area contributed by atoms with E-state index in [1.54, 1.807) is 11.8 Å². The van der Waals surface area contributed by atoms with Crippen molar-refractivity contribution in [1.82, 2.24) is 5.32 Å². The van der Waals surface area contributed by atoms with Gasteiger partial charge in [-0.05, 0) is 0 Å². The second kappa shape index (κ2) is 4.62. The van der Waals surface area contributed by atoms with E-state index in [1.165, 1.54) is 7.11 Å². The van der Waals surface area contributed by atoms with Crippen molar-refractivity contribution in [2.45, 2.75) is 0 Å². The Morgan fingerprint density at radius 3 is 3.27 bits per heavy atom. The standard InChI is InChI=1S/C7H13NO2S/c1-10-7(9)6-4-8-2-3-11-5-6/h6,8H,2-5H2,1H3/t6-/m0/s1. The van der Waals surface area contributed by atoms with Crippen molar-refractivity contribution < 1.29 is 9.53 Å². The maximum atomic E-state index is 11.0. The number of carbonyl (C=O) groups excluding carboxylic acids is 1. The normalized spacial score (nSPS) is 25.7. The lowest BCUT2D eigenvalue weighted by Gasteiger charge is -2.09. The van der Waals surface area contributed by atoms with E-state index in [9.17, 15) is 4.79 Å². The summed E-state index contributed by atoms with van der Waals surface area (Å²) in [7, 11) is 1.44. The first-order valence-electron chi connectivity index (χ1n) is 3.71. The van der Waals surface area contributed by atoms with Crippen LogP contribution in [0.15, 0.2) is 0 Å². The molecule has 1 fully saturated rings. The maximum Gasteiger partial charge on any atom is 0.310 e. The van der Waals surface area contributed by atoms with E-state index in [0.717, 1.165) is 24.6 Å². The highest BCUT2D eigenvalue weighted by atomic mass is 32.2. The lowest BCUT2D eigenvalue weighted by Crippen LogP contribution is -2.29. The van der Waals surface area contributed by atoms with Crippen molar-refractivity contribution in [1.29, 1.82) is 0 Å². The summed E-state index contributed by atoms with van der Waals surface area (Å²) in [5.41, 5.74) is 0. The molecular formula is C7H13NO2S. The van der Waals surface area contributed by atoms with E-state index in [0.29, 0.717) is 0 Å². The number of esters is 1. The zero-order chi connectivity index (χ0) is 8.10. The number of ether oxygens (including phenoxy) is 1. The molecule has 1 saturated heterocycles. The summed E-state index contributed by atoms with van der Waals surface area (Å²) >= 11 is 1.80. The minimum atomic E-state index is -0.0908. The van der Waals surface area contributed by atoms with Crippen LogP contribution in [0.5, 0.6) is 0 Å². The molecule has 1 heterocycles. The van der Waals surface area contributed by atoms with Crippen LogP contribution < -0.4 is 5.32 Å². The number of carbonyl (C=O) groups is 1. The van der Waals surface area contributed by atoms with Crippen LogP contribution in [-0.4, -0.2) is 37.7 Å². The van der Waals surface area contributed by atoms with Crippen molar-refractivity contribution in [3.8, 4) is 0 Å². The summed E-state index contributed by atoms with van der Waals surface area (Å²) in [4.78, 5) is 11.0. The Labute approximate surface area is 70.9 Å². The summed E-state index contributed by atoms with van der Waals surface area (Å²) in [5, 5.41) is 3.19. The van der Waals surface area contributed by atoms with Gasteiger partial charge in [0.1, 0.15) is 0 Å². The molecule has 0 aromatic carbocycles. The van der Waals surface area contributed by atoms with Gasteiger partial charge >= 0.3 is 5.97 Å². The zero-order valence-electron chi connectivity index (χ0n) is 6.63. The molecule has 0 bridgehead atoms. The summed E-state index contributed by atoms with van der Waals surface area (Å²) in [6.45, 7) is 1.76. The molecule has 0 amide bonds. The van der Waals surface area contributed by atoms with Crippen molar-refractivity contribution in [3.63, 3.8) is 0 Å². The molecule has 0 spiro atoms. The molecule has 0 saturated carbocycles. The maximum absolute atomic E-state index is 11.0. The first-order chi connectivity index (χ1) is 5.34. The summed E-state index contributed by atoms with van der Waals surface area (Å²) in [6.07, 6.45) is 0. The average Bonchev–Trinajstić information content (AvgIpc) is 2.30. The van der Waals surface area contributed by atoms with Crippen LogP contribution in [0.2, 0.25) is 0 Å². The number of hydrogen-bond acceptors (Lipinski definition) is 4. The molecule has 1 rings (SSSR count). The van der Waals surface area contributed by atoms with Gasteiger partial charge in [-0.25, -0.2) is 0 Å². The molecule has 1 atom stereocenters. The van der Waals surface area contributed by atoms with Gasteiger partial charge in [0.05, 0.1) is 13.0 Å². The number of methoxy groups -OCH3 is 1. The Morgan fingerprint density at radius 1 is 1.73 bits per heavy atom. The van der Waals surface area contributed by atoms with Crippen LogP contribution in [0.4, 0.5) is 0 Å². The van der Waals surface area contributed by atoms with Gasteiger partial charge in [-0.2, -0.15) is 11.8 Å². The second-order valence-electron chi connectivity index (χ2n) is 2.50. The first-order valence-corrected chi connectivity index (χ1v) is 4.86. The molecule has 1 N–H and O–H groups in total. The molecular weight excluding hydrogens is 162 g/mol. The predicted molar refractivity (Wildman–Crippen MR) is 45.7 cm³/mol. The second-order valence-corrected chi connectivity index (χ2v) is 3.65. The smallest absolute Gasteiger partial charge is 0.310 e. The minimum absolute atomic E-state index is 0.0486. The minimum Gasteiger partial charge on any atom is -0.469 e. The van der Waals surface area contributed by atoms with Gasteiger partial charge in [0.2, 0.25) is 0 Å². The molecule has 4 heteroatoms. The van der Waals surface area contributed by atoms with Gasteiger partial charge in [-0.15, -0.1) is 0 Å². The highest BCUT2D eigenvalue weighted by molar-refractivity contribution is 7.99. The number of nitrogens with one attached hydrogen (secondary N) is 1. The lowest BCUT2D eigenvalue weighted by molar-refractivity contribution is -0.144. The van der Waals surface area contributed by atoms with E-state index in [2.05, 4.69) is 10.1 Å². The third-order valence-corrected chi connectivity index (χ3v) is 2.80. The SMILES string of the molecule is COC(=O)[C@H]1CNCCSC1. The van der Waals surface area contributed by atoms with E-state index >= 15 is 0 Å². The molecule has 0 aromatic heterocycles. The Bertz CT molecular complexity index is 132. The van der Waals surface area contributed by atoms with Gasteiger partial charge in [-0.3, -0.25) is 4.79 Å². The lowest BCUT2D eigenvalue weighted by atomic mass is 10.2. The molecule has 1 aliphatic heterocycles.